The first-order chi connectivity index (χ1) is 10.0. The van der Waals surface area contributed by atoms with Gasteiger partial charge in [0, 0.05) is 12.4 Å². The number of aryl methyl sites for hydroxylation is 2. The van der Waals surface area contributed by atoms with Crippen LogP contribution in [0.4, 0.5) is 4.39 Å². The predicted octanol–water partition coefficient (Wildman–Crippen LogP) is 4.57. The second kappa shape index (κ2) is 7.41. The van der Waals surface area contributed by atoms with Crippen LogP contribution in [0.1, 0.15) is 23.9 Å². The molecule has 0 saturated heterocycles. The minimum atomic E-state index is -0.187. The van der Waals surface area contributed by atoms with E-state index in [9.17, 15) is 4.39 Å². The van der Waals surface area contributed by atoms with Gasteiger partial charge in [0.2, 0.25) is 0 Å². The third kappa shape index (κ3) is 4.07. The van der Waals surface area contributed by atoms with Crippen LogP contribution < -0.4 is 0 Å². The van der Waals surface area contributed by atoms with E-state index < -0.39 is 0 Å². The molecular weight excluding hydrogens is 355 g/mol. The highest BCUT2D eigenvalue weighted by molar-refractivity contribution is 9.09. The van der Waals surface area contributed by atoms with E-state index in [1.807, 2.05) is 24.7 Å². The van der Waals surface area contributed by atoms with E-state index in [4.69, 9.17) is 11.6 Å². The van der Waals surface area contributed by atoms with Gasteiger partial charge in [0.1, 0.15) is 5.82 Å². The van der Waals surface area contributed by atoms with E-state index in [1.165, 1.54) is 6.07 Å². The molecule has 1 atom stereocenters. The molecule has 1 heterocycles. The molecule has 114 valence electrons. The van der Waals surface area contributed by atoms with Crippen molar-refractivity contribution >= 4 is 27.5 Å². The van der Waals surface area contributed by atoms with Crippen LogP contribution in [0.3, 0.4) is 0 Å². The SMILES string of the molecule is CCc1nn(C)c(CC(CBr)Cc2cccc(F)c2)c1Cl. The Morgan fingerprint density at radius 1 is 1.38 bits per heavy atom. The van der Waals surface area contributed by atoms with Crippen LogP contribution in [0.25, 0.3) is 0 Å². The van der Waals surface area contributed by atoms with E-state index in [2.05, 4.69) is 21.0 Å². The van der Waals surface area contributed by atoms with Crippen molar-refractivity contribution in [1.82, 2.24) is 9.78 Å². The lowest BCUT2D eigenvalue weighted by Crippen LogP contribution is -2.13. The van der Waals surface area contributed by atoms with E-state index in [0.717, 1.165) is 46.6 Å². The first kappa shape index (κ1) is 16.5. The van der Waals surface area contributed by atoms with Gasteiger partial charge in [-0.25, -0.2) is 4.39 Å². The Balaban J connectivity index is 2.14. The van der Waals surface area contributed by atoms with Crippen molar-refractivity contribution in [2.45, 2.75) is 26.2 Å². The number of hydrogen-bond donors (Lipinski definition) is 0. The summed E-state index contributed by atoms with van der Waals surface area (Å²) < 4.78 is 15.1. The summed E-state index contributed by atoms with van der Waals surface area (Å²) in [4.78, 5) is 0. The van der Waals surface area contributed by atoms with Gasteiger partial charge in [-0.2, -0.15) is 5.10 Å². The van der Waals surface area contributed by atoms with Gasteiger partial charge in [-0.05, 0) is 42.9 Å². The van der Waals surface area contributed by atoms with Gasteiger partial charge >= 0.3 is 0 Å². The lowest BCUT2D eigenvalue weighted by atomic mass is 9.96. The average Bonchev–Trinajstić information content (AvgIpc) is 2.73. The smallest absolute Gasteiger partial charge is 0.123 e. The number of benzene rings is 1. The van der Waals surface area contributed by atoms with Crippen molar-refractivity contribution in [2.75, 3.05) is 5.33 Å². The maximum Gasteiger partial charge on any atom is 0.123 e. The van der Waals surface area contributed by atoms with Gasteiger partial charge in [-0.3, -0.25) is 4.68 Å². The van der Waals surface area contributed by atoms with E-state index >= 15 is 0 Å². The monoisotopic (exact) mass is 372 g/mol. The summed E-state index contributed by atoms with van der Waals surface area (Å²) in [6.45, 7) is 2.05. The second-order valence-electron chi connectivity index (χ2n) is 5.24. The summed E-state index contributed by atoms with van der Waals surface area (Å²) in [6.07, 6.45) is 2.46. The molecule has 0 aliphatic rings. The van der Waals surface area contributed by atoms with Crippen molar-refractivity contribution in [2.24, 2.45) is 13.0 Å². The third-order valence-electron chi connectivity index (χ3n) is 3.62. The van der Waals surface area contributed by atoms with Gasteiger partial charge in [-0.1, -0.05) is 46.6 Å². The minimum absolute atomic E-state index is 0.187. The van der Waals surface area contributed by atoms with Gasteiger partial charge in [0.05, 0.1) is 16.4 Å². The lowest BCUT2D eigenvalue weighted by Gasteiger charge is -2.15. The van der Waals surface area contributed by atoms with Gasteiger partial charge < -0.3 is 0 Å². The molecule has 2 nitrogen and oxygen atoms in total. The second-order valence-corrected chi connectivity index (χ2v) is 6.27. The first-order valence-corrected chi connectivity index (χ1v) is 8.55. The molecule has 0 amide bonds. The van der Waals surface area contributed by atoms with Gasteiger partial charge in [0.25, 0.3) is 0 Å². The van der Waals surface area contributed by atoms with Crippen LogP contribution in [0.2, 0.25) is 5.02 Å². The number of rotatable bonds is 6. The Morgan fingerprint density at radius 3 is 2.71 bits per heavy atom. The Bertz CT molecular complexity index is 612. The van der Waals surface area contributed by atoms with Crippen molar-refractivity contribution in [3.8, 4) is 0 Å². The van der Waals surface area contributed by atoms with Crippen molar-refractivity contribution in [3.63, 3.8) is 0 Å². The molecule has 0 bridgehead atoms. The van der Waals surface area contributed by atoms with Gasteiger partial charge in [0.15, 0.2) is 0 Å². The van der Waals surface area contributed by atoms with Crippen molar-refractivity contribution < 1.29 is 4.39 Å². The summed E-state index contributed by atoms with van der Waals surface area (Å²) in [5.74, 6) is 0.164. The average molecular weight is 374 g/mol. The molecule has 2 aromatic rings. The number of halogens is 3. The number of hydrogen-bond acceptors (Lipinski definition) is 1. The highest BCUT2D eigenvalue weighted by Crippen LogP contribution is 2.25. The molecule has 0 radical (unpaired) electrons. The molecule has 0 aliphatic carbocycles. The van der Waals surface area contributed by atoms with Crippen LogP contribution in [0.5, 0.6) is 0 Å². The van der Waals surface area contributed by atoms with E-state index in [0.29, 0.717) is 5.92 Å². The zero-order chi connectivity index (χ0) is 15.4. The molecule has 1 unspecified atom stereocenters. The highest BCUT2D eigenvalue weighted by Gasteiger charge is 2.18. The fourth-order valence-corrected chi connectivity index (χ4v) is 3.32. The maximum absolute atomic E-state index is 13.3. The molecule has 0 aliphatic heterocycles. The summed E-state index contributed by atoms with van der Waals surface area (Å²) >= 11 is 9.96. The number of alkyl halides is 1. The standard InChI is InChI=1S/C16H19BrClFN2/c1-3-14-16(18)15(21(2)20-14)9-12(10-17)7-11-5-4-6-13(19)8-11/h4-6,8,12H,3,7,9-10H2,1-2H3. The molecule has 0 saturated carbocycles. The topological polar surface area (TPSA) is 17.8 Å². The molecule has 5 heteroatoms. The molecule has 1 aromatic heterocycles. The van der Waals surface area contributed by atoms with Crippen LogP contribution >= 0.6 is 27.5 Å². The highest BCUT2D eigenvalue weighted by atomic mass is 79.9. The number of nitrogens with zero attached hydrogens (tertiary/aromatic N) is 2. The van der Waals surface area contributed by atoms with E-state index in [1.54, 1.807) is 12.1 Å². The zero-order valence-corrected chi connectivity index (χ0v) is 14.6. The van der Waals surface area contributed by atoms with Crippen molar-refractivity contribution in [3.05, 3.63) is 52.1 Å². The molecule has 0 N–H and O–H groups in total. The Morgan fingerprint density at radius 2 is 2.14 bits per heavy atom. The predicted molar refractivity (Wildman–Crippen MR) is 88.7 cm³/mol. The molecule has 0 fully saturated rings. The summed E-state index contributed by atoms with van der Waals surface area (Å²) in [6, 6.07) is 6.78. The Kier molecular flexibility index (Phi) is 5.82. The lowest BCUT2D eigenvalue weighted by molar-refractivity contribution is 0.553. The van der Waals surface area contributed by atoms with Crippen LogP contribution in [-0.4, -0.2) is 15.1 Å². The summed E-state index contributed by atoms with van der Waals surface area (Å²) in [7, 11) is 1.92. The van der Waals surface area contributed by atoms with Gasteiger partial charge in [-0.15, -0.1) is 0 Å². The Labute approximate surface area is 138 Å². The fraction of sp³-hybridized carbons (Fsp3) is 0.438. The zero-order valence-electron chi connectivity index (χ0n) is 12.2. The molecule has 2 rings (SSSR count). The summed E-state index contributed by atoms with van der Waals surface area (Å²) in [5.41, 5.74) is 3.00. The minimum Gasteiger partial charge on any atom is -0.271 e. The fourth-order valence-electron chi connectivity index (χ4n) is 2.49. The molecule has 0 spiro atoms. The Hall–Kier alpha value is -0.870. The first-order valence-electron chi connectivity index (χ1n) is 7.05. The molecule has 1 aromatic carbocycles. The summed E-state index contributed by atoms with van der Waals surface area (Å²) in [5, 5.41) is 6.06. The van der Waals surface area contributed by atoms with E-state index in [-0.39, 0.29) is 5.82 Å². The van der Waals surface area contributed by atoms with Crippen LogP contribution in [0.15, 0.2) is 24.3 Å². The quantitative estimate of drug-likeness (QED) is 0.678. The molecular formula is C16H19BrClFN2. The van der Waals surface area contributed by atoms with Crippen LogP contribution in [0, 0.1) is 11.7 Å². The largest absolute Gasteiger partial charge is 0.271 e. The maximum atomic E-state index is 13.3. The van der Waals surface area contributed by atoms with Crippen molar-refractivity contribution in [1.29, 1.82) is 0 Å². The normalized spacial score (nSPS) is 12.6. The van der Waals surface area contributed by atoms with Crippen LogP contribution in [-0.2, 0) is 26.3 Å². The third-order valence-corrected chi connectivity index (χ3v) is 4.97. The molecule has 21 heavy (non-hydrogen) atoms. The number of aromatic nitrogens is 2.